The molecule has 38 heavy (non-hydrogen) atoms. The normalized spacial score (nSPS) is 15.4. The number of piperidine rings is 1. The van der Waals surface area contributed by atoms with Crippen molar-refractivity contribution >= 4 is 23.3 Å². The highest BCUT2D eigenvalue weighted by Crippen LogP contribution is 2.37. The van der Waals surface area contributed by atoms with E-state index in [1.807, 2.05) is 40.3 Å². The number of nitrogens with zero attached hydrogens (tertiary/aromatic N) is 3. The summed E-state index contributed by atoms with van der Waals surface area (Å²) < 4.78 is 0. The minimum atomic E-state index is 0.0965. The number of para-hydroxylation sites is 2. The monoisotopic (exact) mass is 510 g/mol. The van der Waals surface area contributed by atoms with E-state index in [9.17, 15) is 9.59 Å². The maximum atomic E-state index is 13.9. The van der Waals surface area contributed by atoms with E-state index in [2.05, 4.69) is 46.7 Å². The van der Waals surface area contributed by atoms with Crippen molar-refractivity contribution in [2.75, 3.05) is 24.5 Å². The van der Waals surface area contributed by atoms with E-state index in [1.54, 1.807) is 6.20 Å². The Morgan fingerprint density at radius 2 is 1.55 bits per heavy atom. The summed E-state index contributed by atoms with van der Waals surface area (Å²) in [6, 6.07) is 20.7. The number of benzene rings is 2. The molecule has 0 bridgehead atoms. The molecule has 1 aromatic heterocycles. The third-order valence-electron chi connectivity index (χ3n) is 7.93. The summed E-state index contributed by atoms with van der Waals surface area (Å²) in [7, 11) is 0. The fourth-order valence-corrected chi connectivity index (χ4v) is 5.72. The lowest BCUT2D eigenvalue weighted by atomic mass is 9.91. The van der Waals surface area contributed by atoms with E-state index in [4.69, 9.17) is 0 Å². The van der Waals surface area contributed by atoms with Gasteiger partial charge < -0.3 is 10.2 Å². The average Bonchev–Trinajstić information content (AvgIpc) is 3.13. The van der Waals surface area contributed by atoms with Gasteiger partial charge in [0.2, 0.25) is 5.91 Å². The lowest BCUT2D eigenvalue weighted by molar-refractivity contribution is -0.121. The van der Waals surface area contributed by atoms with Crippen LogP contribution in [0.3, 0.4) is 0 Å². The predicted molar refractivity (Wildman–Crippen MR) is 152 cm³/mol. The number of carbonyl (C=O) groups excluding carboxylic acids is 2. The Morgan fingerprint density at radius 1 is 0.868 bits per heavy atom. The molecule has 1 fully saturated rings. The lowest BCUT2D eigenvalue weighted by Gasteiger charge is -2.36. The van der Waals surface area contributed by atoms with Crippen LogP contribution in [0.15, 0.2) is 73.1 Å². The van der Waals surface area contributed by atoms with Crippen molar-refractivity contribution in [3.63, 3.8) is 0 Å². The van der Waals surface area contributed by atoms with E-state index in [1.165, 1.54) is 11.1 Å². The average molecular weight is 511 g/mol. The van der Waals surface area contributed by atoms with Crippen LogP contribution in [-0.4, -0.2) is 41.5 Å². The summed E-state index contributed by atoms with van der Waals surface area (Å²) in [6.45, 7) is 2.34. The molecule has 0 saturated carbocycles. The fourth-order valence-electron chi connectivity index (χ4n) is 5.72. The fraction of sp³-hybridized carbons (Fsp3) is 0.406. The van der Waals surface area contributed by atoms with Gasteiger partial charge >= 0.3 is 6.03 Å². The standard InChI is InChI=1S/C32H38N4O2/c37-31(17-14-26-9-7-20-33-24-26)34-21-6-5-8-25-18-22-35(23-19-25)32(38)36-29-12-3-1-10-27(29)15-16-28-11-2-4-13-30(28)36/h1-4,7,9-13,20,24-25H,5-6,8,14-19,21-23H2,(H,34,37). The van der Waals surface area contributed by atoms with Crippen LogP contribution in [0.2, 0.25) is 0 Å². The summed E-state index contributed by atoms with van der Waals surface area (Å²) in [6.07, 6.45) is 12.0. The number of unbranched alkanes of at least 4 members (excludes halogenated alkanes) is 1. The van der Waals surface area contributed by atoms with Crippen LogP contribution in [0.5, 0.6) is 0 Å². The van der Waals surface area contributed by atoms with Gasteiger partial charge in [-0.3, -0.25) is 14.7 Å². The van der Waals surface area contributed by atoms with Crippen LogP contribution in [0, 0.1) is 5.92 Å². The number of pyridine rings is 1. The first-order chi connectivity index (χ1) is 18.7. The van der Waals surface area contributed by atoms with E-state index in [0.29, 0.717) is 12.3 Å². The van der Waals surface area contributed by atoms with Gasteiger partial charge in [-0.1, -0.05) is 55.3 Å². The largest absolute Gasteiger partial charge is 0.356 e. The second-order valence-corrected chi connectivity index (χ2v) is 10.5. The Kier molecular flexibility index (Phi) is 8.69. The first-order valence-corrected chi connectivity index (χ1v) is 14.1. The number of fused-ring (bicyclic) bond motifs is 2. The maximum absolute atomic E-state index is 13.9. The van der Waals surface area contributed by atoms with Crippen LogP contribution in [0.1, 0.15) is 55.2 Å². The number of anilines is 2. The Balaban J connectivity index is 1.06. The molecule has 0 unspecified atom stereocenters. The number of urea groups is 1. The smallest absolute Gasteiger partial charge is 0.329 e. The molecule has 0 aliphatic carbocycles. The number of likely N-dealkylation sites (tertiary alicyclic amines) is 1. The SMILES string of the molecule is O=C(CCc1cccnc1)NCCCCC1CCN(C(=O)N2c3ccccc3CCc3ccccc32)CC1. The van der Waals surface area contributed by atoms with Gasteiger partial charge in [-0.05, 0) is 79.3 Å². The molecule has 6 nitrogen and oxygen atoms in total. The summed E-state index contributed by atoms with van der Waals surface area (Å²) in [4.78, 5) is 34.1. The van der Waals surface area contributed by atoms with Gasteiger partial charge in [-0.2, -0.15) is 0 Å². The third-order valence-corrected chi connectivity index (χ3v) is 7.93. The molecule has 1 saturated heterocycles. The molecule has 0 atom stereocenters. The van der Waals surface area contributed by atoms with Crippen LogP contribution in [-0.2, 0) is 24.1 Å². The molecule has 3 aromatic rings. The van der Waals surface area contributed by atoms with Crippen molar-refractivity contribution in [2.45, 2.75) is 57.8 Å². The van der Waals surface area contributed by atoms with Crippen molar-refractivity contribution in [1.29, 1.82) is 0 Å². The van der Waals surface area contributed by atoms with Crippen LogP contribution in [0.4, 0.5) is 16.2 Å². The lowest BCUT2D eigenvalue weighted by Crippen LogP contribution is -2.45. The highest BCUT2D eigenvalue weighted by atomic mass is 16.2. The number of hydrogen-bond acceptors (Lipinski definition) is 3. The van der Waals surface area contributed by atoms with E-state index in [-0.39, 0.29) is 11.9 Å². The zero-order valence-electron chi connectivity index (χ0n) is 22.1. The van der Waals surface area contributed by atoms with Gasteiger partial charge in [0.25, 0.3) is 0 Å². The minimum Gasteiger partial charge on any atom is -0.356 e. The van der Waals surface area contributed by atoms with Crippen LogP contribution >= 0.6 is 0 Å². The summed E-state index contributed by atoms with van der Waals surface area (Å²) in [5.74, 6) is 0.751. The molecule has 0 radical (unpaired) electrons. The molecular weight excluding hydrogens is 472 g/mol. The molecule has 0 spiro atoms. The molecular formula is C32H38N4O2. The zero-order chi connectivity index (χ0) is 26.2. The quantitative estimate of drug-likeness (QED) is 0.374. The molecule has 198 valence electrons. The van der Waals surface area contributed by atoms with Gasteiger partial charge in [0.15, 0.2) is 0 Å². The maximum Gasteiger partial charge on any atom is 0.329 e. The number of aryl methyl sites for hydroxylation is 3. The van der Waals surface area contributed by atoms with E-state index < -0.39 is 0 Å². The van der Waals surface area contributed by atoms with Crippen LogP contribution in [0.25, 0.3) is 0 Å². The van der Waals surface area contributed by atoms with Crippen molar-refractivity contribution < 1.29 is 9.59 Å². The van der Waals surface area contributed by atoms with Gasteiger partial charge in [0.05, 0.1) is 11.4 Å². The molecule has 1 N–H and O–H groups in total. The predicted octanol–water partition coefficient (Wildman–Crippen LogP) is 6.07. The topological polar surface area (TPSA) is 65.5 Å². The first kappa shape index (κ1) is 26.0. The molecule has 6 heteroatoms. The van der Waals surface area contributed by atoms with Crippen molar-refractivity contribution in [3.8, 4) is 0 Å². The number of hydrogen-bond donors (Lipinski definition) is 1. The summed E-state index contributed by atoms with van der Waals surface area (Å²) in [5, 5.41) is 3.05. The molecule has 3 amide bonds. The van der Waals surface area contributed by atoms with Gasteiger partial charge in [-0.25, -0.2) is 4.79 Å². The Labute approximate surface area is 226 Å². The third kappa shape index (κ3) is 6.42. The summed E-state index contributed by atoms with van der Waals surface area (Å²) >= 11 is 0. The van der Waals surface area contributed by atoms with Gasteiger partial charge in [0, 0.05) is 38.4 Å². The van der Waals surface area contributed by atoms with Crippen molar-refractivity contribution in [3.05, 3.63) is 89.7 Å². The van der Waals surface area contributed by atoms with Crippen molar-refractivity contribution in [2.24, 2.45) is 5.92 Å². The second kappa shape index (κ2) is 12.7. The number of nitrogens with one attached hydrogen (secondary N) is 1. The summed E-state index contributed by atoms with van der Waals surface area (Å²) in [5.41, 5.74) is 5.60. The number of carbonyl (C=O) groups is 2. The van der Waals surface area contributed by atoms with Gasteiger partial charge in [0.1, 0.15) is 0 Å². The first-order valence-electron chi connectivity index (χ1n) is 14.1. The number of amides is 3. The van der Waals surface area contributed by atoms with E-state index in [0.717, 1.165) is 87.9 Å². The Hall–Kier alpha value is -3.67. The molecule has 3 heterocycles. The number of rotatable bonds is 8. The van der Waals surface area contributed by atoms with Gasteiger partial charge in [-0.15, -0.1) is 0 Å². The molecule has 2 aliphatic heterocycles. The minimum absolute atomic E-state index is 0.0965. The highest BCUT2D eigenvalue weighted by molar-refractivity contribution is 6.01. The Morgan fingerprint density at radius 3 is 2.21 bits per heavy atom. The molecule has 2 aromatic carbocycles. The zero-order valence-corrected chi connectivity index (χ0v) is 22.1. The Bertz CT molecular complexity index is 1170. The molecule has 5 rings (SSSR count). The second-order valence-electron chi connectivity index (χ2n) is 10.5. The van der Waals surface area contributed by atoms with Crippen LogP contribution < -0.4 is 10.2 Å². The van der Waals surface area contributed by atoms with E-state index >= 15 is 0 Å². The molecule has 2 aliphatic rings. The highest BCUT2D eigenvalue weighted by Gasteiger charge is 2.31. The van der Waals surface area contributed by atoms with Crippen molar-refractivity contribution in [1.82, 2.24) is 15.2 Å². The number of aromatic nitrogens is 1.